The molecule has 1 aliphatic heterocycles. The summed E-state index contributed by atoms with van der Waals surface area (Å²) in [5.74, 6) is 0.911. The Morgan fingerprint density at radius 2 is 2.00 bits per heavy atom. The standard InChI is InChI=1S/C18H22N2O/c1-14(15-8-10-16(21-2)11-9-15)20-13-5-7-18(20)17-6-3-4-12-19-17/h3-4,6,8-12,14,18H,5,7,13H2,1-2H3/t14?,18-/m0/s1. The largest absolute Gasteiger partial charge is 0.497 e. The monoisotopic (exact) mass is 282 g/mol. The molecule has 3 nitrogen and oxygen atoms in total. The van der Waals surface area contributed by atoms with Crippen LogP contribution in [-0.4, -0.2) is 23.5 Å². The van der Waals surface area contributed by atoms with E-state index in [1.54, 1.807) is 7.11 Å². The molecule has 2 atom stereocenters. The molecule has 1 aromatic carbocycles. The van der Waals surface area contributed by atoms with Crippen LogP contribution in [0.1, 0.15) is 43.1 Å². The van der Waals surface area contributed by atoms with Crippen LogP contribution in [-0.2, 0) is 0 Å². The number of benzene rings is 1. The lowest BCUT2D eigenvalue weighted by Crippen LogP contribution is -2.27. The summed E-state index contributed by atoms with van der Waals surface area (Å²) in [4.78, 5) is 7.11. The van der Waals surface area contributed by atoms with Crippen molar-refractivity contribution in [3.8, 4) is 5.75 Å². The molecule has 0 N–H and O–H groups in total. The summed E-state index contributed by atoms with van der Waals surface area (Å²) < 4.78 is 5.24. The van der Waals surface area contributed by atoms with Gasteiger partial charge < -0.3 is 4.74 Å². The zero-order chi connectivity index (χ0) is 14.7. The number of methoxy groups -OCH3 is 1. The van der Waals surface area contributed by atoms with Gasteiger partial charge in [0.1, 0.15) is 5.75 Å². The van der Waals surface area contributed by atoms with Crippen LogP contribution >= 0.6 is 0 Å². The van der Waals surface area contributed by atoms with Crippen LogP contribution in [0.15, 0.2) is 48.7 Å². The van der Waals surface area contributed by atoms with Crippen LogP contribution in [0.25, 0.3) is 0 Å². The number of rotatable bonds is 4. The molecule has 2 heterocycles. The SMILES string of the molecule is COc1ccc(C(C)N2CCC[C@H]2c2ccccn2)cc1. The van der Waals surface area contributed by atoms with E-state index in [1.165, 1.54) is 24.1 Å². The molecule has 1 saturated heterocycles. The second-order valence-corrected chi connectivity index (χ2v) is 5.60. The summed E-state index contributed by atoms with van der Waals surface area (Å²) in [6.45, 7) is 3.41. The highest BCUT2D eigenvalue weighted by atomic mass is 16.5. The Morgan fingerprint density at radius 1 is 1.19 bits per heavy atom. The van der Waals surface area contributed by atoms with Gasteiger partial charge in [0.15, 0.2) is 0 Å². The van der Waals surface area contributed by atoms with Gasteiger partial charge in [-0.1, -0.05) is 18.2 Å². The molecule has 21 heavy (non-hydrogen) atoms. The molecule has 0 radical (unpaired) electrons. The number of hydrogen-bond donors (Lipinski definition) is 0. The van der Waals surface area contributed by atoms with Crippen molar-refractivity contribution in [3.05, 3.63) is 59.9 Å². The van der Waals surface area contributed by atoms with E-state index in [1.807, 2.05) is 24.4 Å². The zero-order valence-electron chi connectivity index (χ0n) is 12.7. The Kier molecular flexibility index (Phi) is 4.20. The molecule has 2 aromatic rings. The molecule has 0 spiro atoms. The first-order chi connectivity index (χ1) is 10.3. The lowest BCUT2D eigenvalue weighted by atomic mass is 10.0. The van der Waals surface area contributed by atoms with E-state index in [4.69, 9.17) is 4.74 Å². The van der Waals surface area contributed by atoms with Crippen molar-refractivity contribution in [3.63, 3.8) is 0 Å². The Bertz CT molecular complexity index is 568. The predicted octanol–water partition coefficient (Wildman–Crippen LogP) is 3.99. The number of ether oxygens (including phenoxy) is 1. The summed E-state index contributed by atoms with van der Waals surface area (Å²) in [6.07, 6.45) is 4.32. The van der Waals surface area contributed by atoms with Gasteiger partial charge in [0.05, 0.1) is 18.8 Å². The third-order valence-electron chi connectivity index (χ3n) is 4.42. The lowest BCUT2D eigenvalue weighted by Gasteiger charge is -2.30. The Labute approximate surface area is 126 Å². The smallest absolute Gasteiger partial charge is 0.118 e. The van der Waals surface area contributed by atoms with Crippen LogP contribution in [0.4, 0.5) is 0 Å². The van der Waals surface area contributed by atoms with Crippen molar-refractivity contribution in [2.24, 2.45) is 0 Å². The van der Waals surface area contributed by atoms with Crippen molar-refractivity contribution in [2.75, 3.05) is 13.7 Å². The molecule has 1 unspecified atom stereocenters. The maximum Gasteiger partial charge on any atom is 0.118 e. The van der Waals surface area contributed by atoms with Gasteiger partial charge in [-0.3, -0.25) is 9.88 Å². The second-order valence-electron chi connectivity index (χ2n) is 5.60. The molecule has 3 rings (SSSR count). The molecule has 1 aromatic heterocycles. The van der Waals surface area contributed by atoms with Crippen LogP contribution in [0, 0.1) is 0 Å². The quantitative estimate of drug-likeness (QED) is 0.848. The number of hydrogen-bond acceptors (Lipinski definition) is 3. The molecule has 0 aliphatic carbocycles. The molecule has 0 amide bonds. The first-order valence-electron chi connectivity index (χ1n) is 7.60. The van der Waals surface area contributed by atoms with Gasteiger partial charge in [0, 0.05) is 12.2 Å². The average Bonchev–Trinajstić information content (AvgIpc) is 3.04. The maximum absolute atomic E-state index is 5.24. The number of pyridine rings is 1. The van der Waals surface area contributed by atoms with Crippen LogP contribution in [0.3, 0.4) is 0 Å². The summed E-state index contributed by atoms with van der Waals surface area (Å²) in [5.41, 5.74) is 2.52. The summed E-state index contributed by atoms with van der Waals surface area (Å²) in [5, 5.41) is 0. The average molecular weight is 282 g/mol. The minimum absolute atomic E-state index is 0.394. The van der Waals surface area contributed by atoms with Gasteiger partial charge in [-0.15, -0.1) is 0 Å². The molecular weight excluding hydrogens is 260 g/mol. The van der Waals surface area contributed by atoms with E-state index in [2.05, 4.69) is 41.1 Å². The van der Waals surface area contributed by atoms with Gasteiger partial charge in [0.25, 0.3) is 0 Å². The van der Waals surface area contributed by atoms with Crippen LogP contribution in [0.2, 0.25) is 0 Å². The van der Waals surface area contributed by atoms with Gasteiger partial charge in [-0.2, -0.15) is 0 Å². The lowest BCUT2D eigenvalue weighted by molar-refractivity contribution is 0.191. The van der Waals surface area contributed by atoms with E-state index in [0.29, 0.717) is 12.1 Å². The van der Waals surface area contributed by atoms with E-state index in [-0.39, 0.29) is 0 Å². The van der Waals surface area contributed by atoms with Crippen LogP contribution < -0.4 is 4.74 Å². The van der Waals surface area contributed by atoms with E-state index in [9.17, 15) is 0 Å². The first kappa shape index (κ1) is 14.1. The Balaban J connectivity index is 1.80. The van der Waals surface area contributed by atoms with Crippen LogP contribution in [0.5, 0.6) is 5.75 Å². The molecule has 0 bridgehead atoms. The van der Waals surface area contributed by atoms with Crippen molar-refractivity contribution < 1.29 is 4.74 Å². The highest BCUT2D eigenvalue weighted by Gasteiger charge is 2.30. The third-order valence-corrected chi connectivity index (χ3v) is 4.42. The van der Waals surface area contributed by atoms with Crippen molar-refractivity contribution >= 4 is 0 Å². The third kappa shape index (κ3) is 2.93. The normalized spacial score (nSPS) is 20.4. The van der Waals surface area contributed by atoms with Gasteiger partial charge in [0.2, 0.25) is 0 Å². The molecule has 110 valence electrons. The zero-order valence-corrected chi connectivity index (χ0v) is 12.7. The summed E-state index contributed by atoms with van der Waals surface area (Å²) in [6, 6.07) is 15.4. The summed E-state index contributed by atoms with van der Waals surface area (Å²) >= 11 is 0. The minimum atomic E-state index is 0.394. The number of nitrogens with zero attached hydrogens (tertiary/aromatic N) is 2. The molecular formula is C18H22N2O. The maximum atomic E-state index is 5.24. The number of aromatic nitrogens is 1. The molecule has 3 heteroatoms. The van der Waals surface area contributed by atoms with Gasteiger partial charge in [-0.05, 0) is 56.1 Å². The summed E-state index contributed by atoms with van der Waals surface area (Å²) in [7, 11) is 1.70. The second kappa shape index (κ2) is 6.27. The highest BCUT2D eigenvalue weighted by molar-refractivity contribution is 5.29. The van der Waals surface area contributed by atoms with E-state index in [0.717, 1.165) is 12.3 Å². The van der Waals surface area contributed by atoms with E-state index >= 15 is 0 Å². The molecule has 0 saturated carbocycles. The minimum Gasteiger partial charge on any atom is -0.497 e. The Hall–Kier alpha value is -1.87. The van der Waals surface area contributed by atoms with E-state index < -0.39 is 0 Å². The van der Waals surface area contributed by atoms with Crippen molar-refractivity contribution in [2.45, 2.75) is 31.8 Å². The number of likely N-dealkylation sites (tertiary alicyclic amines) is 1. The first-order valence-corrected chi connectivity index (χ1v) is 7.60. The highest BCUT2D eigenvalue weighted by Crippen LogP contribution is 2.37. The fraction of sp³-hybridized carbons (Fsp3) is 0.389. The fourth-order valence-corrected chi connectivity index (χ4v) is 3.22. The Morgan fingerprint density at radius 3 is 2.67 bits per heavy atom. The van der Waals surface area contributed by atoms with Crippen molar-refractivity contribution in [1.82, 2.24) is 9.88 Å². The van der Waals surface area contributed by atoms with Crippen molar-refractivity contribution in [1.29, 1.82) is 0 Å². The van der Waals surface area contributed by atoms with Gasteiger partial charge >= 0.3 is 0 Å². The molecule has 1 aliphatic rings. The molecule has 1 fully saturated rings. The topological polar surface area (TPSA) is 25.4 Å². The fourth-order valence-electron chi connectivity index (χ4n) is 3.22. The predicted molar refractivity (Wildman–Crippen MR) is 84.3 cm³/mol. The van der Waals surface area contributed by atoms with Gasteiger partial charge in [-0.25, -0.2) is 0 Å².